The van der Waals surface area contributed by atoms with E-state index in [0.717, 1.165) is 16.3 Å². The molecular weight excluding hydrogens is 362 g/mol. The van der Waals surface area contributed by atoms with Gasteiger partial charge in [-0.25, -0.2) is 14.2 Å². The number of nitrogens with zero attached hydrogens (tertiary/aromatic N) is 2. The number of hydrogen-bond acceptors (Lipinski definition) is 6. The summed E-state index contributed by atoms with van der Waals surface area (Å²) in [5.41, 5.74) is -0.194. The van der Waals surface area contributed by atoms with Crippen molar-refractivity contribution in [1.29, 1.82) is 0 Å². The summed E-state index contributed by atoms with van der Waals surface area (Å²) in [6.07, 6.45) is 1.10. The van der Waals surface area contributed by atoms with E-state index >= 15 is 0 Å². The molecule has 28 heavy (non-hydrogen) atoms. The van der Waals surface area contributed by atoms with Crippen LogP contribution >= 0.6 is 0 Å². The van der Waals surface area contributed by atoms with E-state index in [1.807, 2.05) is 0 Å². The lowest BCUT2D eigenvalue weighted by molar-refractivity contribution is 0.0601. The fourth-order valence-corrected chi connectivity index (χ4v) is 2.70. The number of benzene rings is 2. The topological polar surface area (TPSA) is 114 Å². The van der Waals surface area contributed by atoms with E-state index in [9.17, 15) is 19.5 Å². The van der Waals surface area contributed by atoms with Crippen LogP contribution in [0.4, 0.5) is 5.69 Å². The van der Waals surface area contributed by atoms with Crippen molar-refractivity contribution in [3.8, 4) is 11.6 Å². The van der Waals surface area contributed by atoms with Crippen LogP contribution in [0.1, 0.15) is 21.5 Å². The fourth-order valence-electron chi connectivity index (χ4n) is 2.70. The van der Waals surface area contributed by atoms with Crippen LogP contribution in [0.15, 0.2) is 63.1 Å². The van der Waals surface area contributed by atoms with Gasteiger partial charge in [0.05, 0.1) is 24.0 Å². The molecule has 0 saturated heterocycles. The van der Waals surface area contributed by atoms with Gasteiger partial charge >= 0.3 is 11.7 Å². The predicted molar refractivity (Wildman–Crippen MR) is 104 cm³/mol. The molecule has 0 aliphatic carbocycles. The van der Waals surface area contributed by atoms with Gasteiger partial charge in [0, 0.05) is 6.21 Å². The molecule has 3 rings (SSSR count). The number of rotatable bonds is 4. The van der Waals surface area contributed by atoms with Gasteiger partial charge in [-0.05, 0) is 30.7 Å². The van der Waals surface area contributed by atoms with E-state index in [2.05, 4.69) is 9.98 Å². The predicted octanol–water partition coefficient (Wildman–Crippen LogP) is 2.08. The number of para-hydroxylation sites is 2. The Hall–Kier alpha value is -3.94. The van der Waals surface area contributed by atoms with E-state index in [4.69, 9.17) is 4.74 Å². The Kier molecular flexibility index (Phi) is 5.21. The molecule has 142 valence electrons. The Morgan fingerprint density at radius 3 is 2.54 bits per heavy atom. The molecule has 8 heteroatoms. The number of H-pyrrole nitrogens is 1. The highest BCUT2D eigenvalue weighted by molar-refractivity contribution is 5.96. The Labute approximate surface area is 159 Å². The smallest absolute Gasteiger partial charge is 0.340 e. The van der Waals surface area contributed by atoms with Crippen molar-refractivity contribution in [2.24, 2.45) is 4.99 Å². The molecule has 3 aromatic rings. The van der Waals surface area contributed by atoms with Crippen LogP contribution in [-0.2, 0) is 4.74 Å². The first-order valence-corrected chi connectivity index (χ1v) is 8.29. The minimum absolute atomic E-state index is 0.199. The molecule has 0 bridgehead atoms. The van der Waals surface area contributed by atoms with Crippen LogP contribution < -0.4 is 11.2 Å². The molecule has 0 aliphatic rings. The summed E-state index contributed by atoms with van der Waals surface area (Å²) >= 11 is 0. The molecule has 1 aromatic heterocycles. The molecule has 1 heterocycles. The van der Waals surface area contributed by atoms with Gasteiger partial charge in [-0.3, -0.25) is 14.8 Å². The second-order valence-corrected chi connectivity index (χ2v) is 5.89. The normalized spacial score (nSPS) is 10.9. The summed E-state index contributed by atoms with van der Waals surface area (Å²) in [6, 6.07) is 13.3. The Morgan fingerprint density at radius 2 is 1.82 bits per heavy atom. The second-order valence-electron chi connectivity index (χ2n) is 5.89. The number of aryl methyl sites for hydroxylation is 1. The zero-order valence-electron chi connectivity index (χ0n) is 15.2. The molecule has 2 aromatic carbocycles. The van der Waals surface area contributed by atoms with Crippen LogP contribution in [0.3, 0.4) is 0 Å². The first-order chi connectivity index (χ1) is 13.4. The molecule has 2 N–H and O–H groups in total. The first-order valence-electron chi connectivity index (χ1n) is 8.29. The Balaban J connectivity index is 2.15. The van der Waals surface area contributed by atoms with Crippen molar-refractivity contribution in [3.63, 3.8) is 0 Å². The van der Waals surface area contributed by atoms with Crippen molar-refractivity contribution < 1.29 is 14.6 Å². The third-order valence-corrected chi connectivity index (χ3v) is 4.12. The van der Waals surface area contributed by atoms with Gasteiger partial charge in [-0.1, -0.05) is 30.3 Å². The molecule has 0 aliphatic heterocycles. The van der Waals surface area contributed by atoms with Gasteiger partial charge in [0.2, 0.25) is 5.88 Å². The number of aromatic nitrogens is 2. The number of aliphatic imine (C=N–C) groups is 1. The van der Waals surface area contributed by atoms with Crippen molar-refractivity contribution in [3.05, 3.63) is 86.1 Å². The lowest BCUT2D eigenvalue weighted by atomic mass is 10.2. The number of aromatic hydroxyl groups is 1. The number of carbonyl (C=O) groups is 1. The van der Waals surface area contributed by atoms with Gasteiger partial charge in [0.1, 0.15) is 5.56 Å². The molecule has 0 atom stereocenters. The van der Waals surface area contributed by atoms with Crippen molar-refractivity contribution >= 4 is 17.9 Å². The average molecular weight is 379 g/mol. The standard InChI is InChI=1S/C20H17N3O5/c1-12-7-3-6-10-16(12)23-18(25)14(17(24)22-20(23)27)11-21-15-9-5-4-8-13(15)19(26)28-2/h3-11,25H,1-2H3,(H,22,24,27). The minimum atomic E-state index is -0.799. The maximum Gasteiger partial charge on any atom is 0.340 e. The van der Waals surface area contributed by atoms with Crippen molar-refractivity contribution in [2.75, 3.05) is 7.11 Å². The number of methoxy groups -OCH3 is 1. The van der Waals surface area contributed by atoms with Gasteiger partial charge in [0.25, 0.3) is 5.56 Å². The van der Waals surface area contributed by atoms with Gasteiger partial charge in [0.15, 0.2) is 0 Å². The summed E-state index contributed by atoms with van der Waals surface area (Å²) in [5, 5.41) is 10.6. The molecule has 0 spiro atoms. The second kappa shape index (κ2) is 7.75. The van der Waals surface area contributed by atoms with Gasteiger partial charge in [-0.15, -0.1) is 0 Å². The molecule has 0 radical (unpaired) electrons. The molecule has 0 fully saturated rings. The maximum atomic E-state index is 12.3. The van der Waals surface area contributed by atoms with Crippen LogP contribution in [-0.4, -0.2) is 34.0 Å². The lowest BCUT2D eigenvalue weighted by Crippen LogP contribution is -2.31. The quantitative estimate of drug-likeness (QED) is 0.532. The van der Waals surface area contributed by atoms with E-state index in [-0.39, 0.29) is 16.8 Å². The zero-order chi connectivity index (χ0) is 20.3. The third kappa shape index (κ3) is 3.48. The van der Waals surface area contributed by atoms with E-state index in [1.165, 1.54) is 13.2 Å². The fraction of sp³-hybridized carbons (Fsp3) is 0.100. The minimum Gasteiger partial charge on any atom is -0.493 e. The Bertz CT molecular complexity index is 1190. The molecule has 0 unspecified atom stereocenters. The summed E-state index contributed by atoms with van der Waals surface area (Å²) in [4.78, 5) is 42.6. The SMILES string of the molecule is COC(=O)c1ccccc1N=Cc1c(O)n(-c2ccccc2C)c(=O)[nH]c1=O. The number of esters is 1. The molecule has 0 amide bonds. The van der Waals surface area contributed by atoms with Gasteiger partial charge in [-0.2, -0.15) is 0 Å². The van der Waals surface area contributed by atoms with Crippen LogP contribution in [0.2, 0.25) is 0 Å². The highest BCUT2D eigenvalue weighted by Gasteiger charge is 2.16. The first kappa shape index (κ1) is 18.8. The van der Waals surface area contributed by atoms with Crippen molar-refractivity contribution in [2.45, 2.75) is 6.92 Å². The highest BCUT2D eigenvalue weighted by atomic mass is 16.5. The number of nitrogens with one attached hydrogen (secondary N) is 1. The zero-order valence-corrected chi connectivity index (χ0v) is 15.2. The summed E-state index contributed by atoms with van der Waals surface area (Å²) < 4.78 is 5.70. The molecule has 8 nitrogen and oxygen atoms in total. The van der Waals surface area contributed by atoms with E-state index < -0.39 is 23.1 Å². The van der Waals surface area contributed by atoms with Crippen molar-refractivity contribution in [1.82, 2.24) is 9.55 Å². The Morgan fingerprint density at radius 1 is 1.14 bits per heavy atom. The van der Waals surface area contributed by atoms with E-state index in [0.29, 0.717) is 5.69 Å². The third-order valence-electron chi connectivity index (χ3n) is 4.12. The summed E-state index contributed by atoms with van der Waals surface area (Å²) in [7, 11) is 1.25. The number of hydrogen-bond donors (Lipinski definition) is 2. The van der Waals surface area contributed by atoms with Crippen LogP contribution in [0, 0.1) is 6.92 Å². The van der Waals surface area contributed by atoms with E-state index in [1.54, 1.807) is 49.4 Å². The van der Waals surface area contributed by atoms with Gasteiger partial charge < -0.3 is 9.84 Å². The molecular formula is C20H17N3O5. The van der Waals surface area contributed by atoms with Crippen LogP contribution in [0.5, 0.6) is 5.88 Å². The average Bonchev–Trinajstić information content (AvgIpc) is 2.68. The number of carbonyl (C=O) groups excluding carboxylic acids is 1. The summed E-state index contributed by atoms with van der Waals surface area (Å²) in [6.45, 7) is 1.77. The largest absolute Gasteiger partial charge is 0.493 e. The maximum absolute atomic E-state index is 12.3. The highest BCUT2D eigenvalue weighted by Crippen LogP contribution is 2.21. The number of aromatic amines is 1. The summed E-state index contributed by atoms with van der Waals surface area (Å²) in [5.74, 6) is -1.14. The monoisotopic (exact) mass is 379 g/mol. The van der Waals surface area contributed by atoms with Crippen LogP contribution in [0.25, 0.3) is 5.69 Å². The lowest BCUT2D eigenvalue weighted by Gasteiger charge is -2.11. The number of ether oxygens (including phenoxy) is 1. The molecule has 0 saturated carbocycles.